The molecule has 1 N–H and O–H groups in total. The number of hydrogen-bond acceptors (Lipinski definition) is 3. The molecule has 0 spiro atoms. The van der Waals surface area contributed by atoms with E-state index in [0.29, 0.717) is 13.0 Å². The molecule has 2 bridgehead atoms. The van der Waals surface area contributed by atoms with E-state index in [2.05, 4.69) is 53.1 Å². The Labute approximate surface area is 208 Å². The van der Waals surface area contributed by atoms with Gasteiger partial charge in [-0.1, -0.05) is 54.2 Å². The maximum Gasteiger partial charge on any atom is 0.233 e. The molecule has 1 heterocycles. The summed E-state index contributed by atoms with van der Waals surface area (Å²) in [4.78, 5) is 40.1. The third kappa shape index (κ3) is 4.29. The molecule has 1 saturated heterocycles. The maximum absolute atomic E-state index is 12.9. The Bertz CT molecular complexity index is 890. The lowest BCUT2D eigenvalue weighted by molar-refractivity contribution is -0.140. The van der Waals surface area contributed by atoms with Crippen molar-refractivity contribution in [2.75, 3.05) is 11.9 Å². The van der Waals surface area contributed by atoms with Crippen LogP contribution in [0.15, 0.2) is 16.6 Å². The Kier molecular flexibility index (Phi) is 7.00. The van der Waals surface area contributed by atoms with Gasteiger partial charge in [0.25, 0.3) is 0 Å². The third-order valence-corrected chi connectivity index (χ3v) is 11.2. The number of halogens is 3. The smallest absolute Gasteiger partial charge is 0.233 e. The lowest BCUT2D eigenvalue weighted by Crippen LogP contribution is -2.37. The summed E-state index contributed by atoms with van der Waals surface area (Å²) in [5.74, 6) is 0.273. The highest BCUT2D eigenvalue weighted by atomic mass is 79.9. The van der Waals surface area contributed by atoms with E-state index < -0.39 is 0 Å². The SMILES string of the molecule is Cc1cc(NC(=O)CCCCCN2C(=O)[C@@H]3[C@H]4C[C@H]([C@H](Br)[C@@H]4Br)[C@@H]3C2=O)c(C)cc1Br. The van der Waals surface area contributed by atoms with Crippen LogP contribution in [0.3, 0.4) is 0 Å². The zero-order valence-electron chi connectivity index (χ0n) is 17.7. The molecule has 1 aromatic carbocycles. The highest BCUT2D eigenvalue weighted by Crippen LogP contribution is 2.60. The number of benzene rings is 1. The van der Waals surface area contributed by atoms with Gasteiger partial charge in [-0.05, 0) is 68.2 Å². The second-order valence-corrected chi connectivity index (χ2v) is 12.1. The average Bonchev–Trinajstić information content (AvgIpc) is 3.32. The van der Waals surface area contributed by atoms with Crippen molar-refractivity contribution in [3.8, 4) is 0 Å². The van der Waals surface area contributed by atoms with Crippen LogP contribution in [0.4, 0.5) is 5.69 Å². The number of nitrogens with one attached hydrogen (secondary N) is 1. The maximum atomic E-state index is 12.9. The molecule has 2 aliphatic carbocycles. The van der Waals surface area contributed by atoms with Crippen molar-refractivity contribution in [2.45, 2.75) is 55.6 Å². The summed E-state index contributed by atoms with van der Waals surface area (Å²) in [6.07, 6.45) is 3.68. The van der Waals surface area contributed by atoms with Gasteiger partial charge in [0.2, 0.25) is 17.7 Å². The van der Waals surface area contributed by atoms with Gasteiger partial charge in [-0.15, -0.1) is 0 Å². The monoisotopic (exact) mass is 616 g/mol. The molecule has 0 radical (unpaired) electrons. The summed E-state index contributed by atoms with van der Waals surface area (Å²) < 4.78 is 1.03. The fourth-order valence-electron chi connectivity index (χ4n) is 5.49. The third-order valence-electron chi connectivity index (χ3n) is 7.14. The predicted molar refractivity (Wildman–Crippen MR) is 131 cm³/mol. The molecule has 3 amide bonds. The molecule has 168 valence electrons. The minimum atomic E-state index is -0.140. The van der Waals surface area contributed by atoms with E-state index in [4.69, 9.17) is 0 Å². The van der Waals surface area contributed by atoms with Gasteiger partial charge >= 0.3 is 0 Å². The van der Waals surface area contributed by atoms with Gasteiger partial charge in [0.1, 0.15) is 0 Å². The highest BCUT2D eigenvalue weighted by molar-refractivity contribution is 9.12. The lowest BCUT2D eigenvalue weighted by atomic mass is 9.81. The van der Waals surface area contributed by atoms with E-state index >= 15 is 0 Å². The number of hydrogen-bond donors (Lipinski definition) is 1. The molecular formula is C23H27Br3N2O3. The number of carbonyl (C=O) groups excluding carboxylic acids is 3. The van der Waals surface area contributed by atoms with Crippen LogP contribution in [0.1, 0.15) is 43.2 Å². The van der Waals surface area contributed by atoms with Crippen LogP contribution in [-0.4, -0.2) is 38.8 Å². The summed E-state index contributed by atoms with van der Waals surface area (Å²) >= 11 is 10.9. The van der Waals surface area contributed by atoms with Crippen LogP contribution < -0.4 is 5.32 Å². The molecule has 6 atom stereocenters. The number of unbranched alkanes of at least 4 members (excludes halogenated alkanes) is 2. The largest absolute Gasteiger partial charge is 0.326 e. The molecule has 5 nitrogen and oxygen atoms in total. The highest BCUT2D eigenvalue weighted by Gasteiger charge is 2.66. The molecule has 1 aliphatic heterocycles. The van der Waals surface area contributed by atoms with Crippen molar-refractivity contribution >= 4 is 71.2 Å². The van der Waals surface area contributed by atoms with E-state index in [-0.39, 0.29) is 51.0 Å². The van der Waals surface area contributed by atoms with Gasteiger partial charge in [-0.2, -0.15) is 0 Å². The summed E-state index contributed by atoms with van der Waals surface area (Å²) in [7, 11) is 0. The van der Waals surface area contributed by atoms with Crippen LogP contribution in [0.25, 0.3) is 0 Å². The summed E-state index contributed by atoms with van der Waals surface area (Å²) in [5, 5.41) is 2.99. The number of carbonyl (C=O) groups is 3. The molecular weight excluding hydrogens is 592 g/mol. The lowest BCUT2D eigenvalue weighted by Gasteiger charge is -2.28. The number of anilines is 1. The number of nitrogens with zero attached hydrogens (tertiary/aromatic N) is 1. The fraction of sp³-hybridized carbons (Fsp3) is 0.609. The van der Waals surface area contributed by atoms with Gasteiger partial charge in [0, 0.05) is 32.8 Å². The van der Waals surface area contributed by atoms with Gasteiger partial charge < -0.3 is 5.32 Å². The zero-order chi connectivity index (χ0) is 22.4. The summed E-state index contributed by atoms with van der Waals surface area (Å²) in [6.45, 7) is 4.44. The van der Waals surface area contributed by atoms with E-state index in [1.807, 2.05) is 26.0 Å². The fourth-order valence-corrected chi connectivity index (χ4v) is 7.82. The van der Waals surface area contributed by atoms with Crippen molar-refractivity contribution in [1.82, 2.24) is 4.90 Å². The first-order valence-electron chi connectivity index (χ1n) is 10.9. The first-order valence-corrected chi connectivity index (χ1v) is 13.5. The van der Waals surface area contributed by atoms with E-state index in [1.54, 1.807) is 0 Å². The molecule has 31 heavy (non-hydrogen) atoms. The molecule has 0 aromatic heterocycles. The number of fused-ring (bicyclic) bond motifs is 5. The molecule has 2 saturated carbocycles. The molecule has 0 unspecified atom stereocenters. The van der Waals surface area contributed by atoms with Gasteiger partial charge in [-0.3, -0.25) is 19.3 Å². The van der Waals surface area contributed by atoms with Crippen molar-refractivity contribution in [1.29, 1.82) is 0 Å². The van der Waals surface area contributed by atoms with E-state index in [0.717, 1.165) is 47.0 Å². The average molecular weight is 619 g/mol. The van der Waals surface area contributed by atoms with Gasteiger partial charge in [-0.25, -0.2) is 0 Å². The number of alkyl halides is 2. The Morgan fingerprint density at radius 1 is 1.00 bits per heavy atom. The van der Waals surface area contributed by atoms with Crippen molar-refractivity contribution < 1.29 is 14.4 Å². The number of aryl methyl sites for hydroxylation is 2. The van der Waals surface area contributed by atoms with Crippen LogP contribution in [-0.2, 0) is 14.4 Å². The van der Waals surface area contributed by atoms with Crippen molar-refractivity contribution in [3.05, 3.63) is 27.7 Å². The van der Waals surface area contributed by atoms with Crippen LogP contribution in [0.2, 0.25) is 0 Å². The Balaban J connectivity index is 1.22. The van der Waals surface area contributed by atoms with E-state index in [1.165, 1.54) is 4.90 Å². The molecule has 4 rings (SSSR count). The van der Waals surface area contributed by atoms with Gasteiger partial charge in [0.05, 0.1) is 11.8 Å². The minimum Gasteiger partial charge on any atom is -0.326 e. The summed E-state index contributed by atoms with van der Waals surface area (Å²) in [6, 6.07) is 3.98. The zero-order valence-corrected chi connectivity index (χ0v) is 22.4. The second kappa shape index (κ2) is 9.26. The van der Waals surface area contributed by atoms with Gasteiger partial charge in [0.15, 0.2) is 0 Å². The molecule has 8 heteroatoms. The van der Waals surface area contributed by atoms with Crippen molar-refractivity contribution in [3.63, 3.8) is 0 Å². The quantitative estimate of drug-likeness (QED) is 0.255. The van der Waals surface area contributed by atoms with Crippen LogP contribution >= 0.6 is 47.8 Å². The molecule has 3 fully saturated rings. The first-order chi connectivity index (χ1) is 14.7. The Morgan fingerprint density at radius 3 is 2.23 bits per heavy atom. The molecule has 1 aromatic rings. The van der Waals surface area contributed by atoms with Crippen LogP contribution in [0, 0.1) is 37.5 Å². The number of likely N-dealkylation sites (tertiary alicyclic amines) is 1. The summed E-state index contributed by atoms with van der Waals surface area (Å²) in [5.41, 5.74) is 2.94. The molecule has 3 aliphatic rings. The standard InChI is InChI=1S/C23H27Br3N2O3/c1-11-9-16(12(2)8-15(11)24)27-17(29)6-4-3-5-7-28-22(30)18-13-10-14(19(18)23(28)31)21(26)20(13)25/h8-9,13-14,18-21H,3-7,10H2,1-2H3,(H,27,29)/t13-,14+,18-,19+,20-,21+. The number of rotatable bonds is 7. The normalized spacial score (nSPS) is 31.5. The minimum absolute atomic E-state index is 0.00372. The van der Waals surface area contributed by atoms with E-state index in [9.17, 15) is 14.4 Å². The topological polar surface area (TPSA) is 66.5 Å². The Hall–Kier alpha value is -0.730. The number of amides is 3. The first kappa shape index (κ1) is 23.4. The predicted octanol–water partition coefficient (Wildman–Crippen LogP) is 5.34. The van der Waals surface area contributed by atoms with Crippen molar-refractivity contribution in [2.24, 2.45) is 23.7 Å². The number of imide groups is 1. The Morgan fingerprint density at radius 2 is 1.61 bits per heavy atom. The second-order valence-electron chi connectivity index (χ2n) is 9.11. The van der Waals surface area contributed by atoms with Crippen LogP contribution in [0.5, 0.6) is 0 Å².